The molecular formula is C15H11Cl2FN2O3. The van der Waals surface area contributed by atoms with E-state index in [1.165, 1.54) is 42.5 Å². The van der Waals surface area contributed by atoms with Gasteiger partial charge in [0.05, 0.1) is 11.5 Å². The molecular weight excluding hydrogens is 346 g/mol. The normalized spacial score (nSPS) is 11.8. The predicted octanol–water partition coefficient (Wildman–Crippen LogP) is 4.34. The van der Waals surface area contributed by atoms with Gasteiger partial charge in [0.1, 0.15) is 11.7 Å². The average molecular weight is 357 g/mol. The molecule has 120 valence electrons. The summed E-state index contributed by atoms with van der Waals surface area (Å²) in [6.45, 7) is -0.369. The van der Waals surface area contributed by atoms with Crippen molar-refractivity contribution in [2.24, 2.45) is 0 Å². The lowest BCUT2D eigenvalue weighted by atomic mass is 10.1. The fourth-order valence-electron chi connectivity index (χ4n) is 1.97. The van der Waals surface area contributed by atoms with Gasteiger partial charge in [-0.05, 0) is 18.2 Å². The molecule has 0 aliphatic carbocycles. The molecule has 0 aliphatic rings. The predicted molar refractivity (Wildman–Crippen MR) is 85.7 cm³/mol. The van der Waals surface area contributed by atoms with Crippen molar-refractivity contribution in [2.45, 2.75) is 6.17 Å². The quantitative estimate of drug-likeness (QED) is 0.639. The van der Waals surface area contributed by atoms with E-state index >= 15 is 0 Å². The number of hydrogen-bond donors (Lipinski definition) is 1. The number of nitro groups is 1. The van der Waals surface area contributed by atoms with Crippen molar-refractivity contribution in [2.75, 3.05) is 6.54 Å². The van der Waals surface area contributed by atoms with Crippen LogP contribution in [0.25, 0.3) is 0 Å². The maximum Gasteiger partial charge on any atom is 0.282 e. The Hall–Kier alpha value is -2.18. The standard InChI is InChI=1S/C15H11Cl2FN2O3/c16-9-5-6-10(12(17)7-9)13(18)8-19-15(21)11-3-1-2-4-14(11)20(22)23/h1-7,13H,8H2,(H,19,21)/t13-/m0/s1. The maximum atomic E-state index is 14.2. The molecule has 0 aromatic heterocycles. The van der Waals surface area contributed by atoms with Crippen LogP contribution < -0.4 is 5.32 Å². The molecule has 1 amide bonds. The minimum atomic E-state index is -1.56. The number of hydrogen-bond acceptors (Lipinski definition) is 3. The Morgan fingerprint density at radius 1 is 1.26 bits per heavy atom. The van der Waals surface area contributed by atoms with Crippen LogP contribution in [-0.4, -0.2) is 17.4 Å². The van der Waals surface area contributed by atoms with Gasteiger partial charge in [-0.25, -0.2) is 4.39 Å². The van der Waals surface area contributed by atoms with Gasteiger partial charge in [-0.3, -0.25) is 14.9 Å². The fraction of sp³-hybridized carbons (Fsp3) is 0.133. The van der Waals surface area contributed by atoms with Gasteiger partial charge in [-0.15, -0.1) is 0 Å². The highest BCUT2D eigenvalue weighted by molar-refractivity contribution is 6.35. The third-order valence-corrected chi connectivity index (χ3v) is 3.65. The summed E-state index contributed by atoms with van der Waals surface area (Å²) in [6, 6.07) is 9.75. The third-order valence-electron chi connectivity index (χ3n) is 3.09. The zero-order valence-electron chi connectivity index (χ0n) is 11.6. The van der Waals surface area contributed by atoms with Gasteiger partial charge in [0, 0.05) is 21.7 Å². The van der Waals surface area contributed by atoms with E-state index in [1.807, 2.05) is 0 Å². The van der Waals surface area contributed by atoms with Gasteiger partial charge in [0.2, 0.25) is 0 Å². The topological polar surface area (TPSA) is 72.2 Å². The molecule has 0 spiro atoms. The zero-order valence-corrected chi connectivity index (χ0v) is 13.1. The number of rotatable bonds is 5. The first kappa shape index (κ1) is 17.2. The summed E-state index contributed by atoms with van der Waals surface area (Å²) < 4.78 is 14.2. The summed E-state index contributed by atoms with van der Waals surface area (Å²) in [5, 5.41) is 13.7. The van der Waals surface area contributed by atoms with Crippen molar-refractivity contribution >= 4 is 34.8 Å². The van der Waals surface area contributed by atoms with Gasteiger partial charge in [0.25, 0.3) is 11.6 Å². The highest BCUT2D eigenvalue weighted by Crippen LogP contribution is 2.28. The van der Waals surface area contributed by atoms with Crippen molar-refractivity contribution in [3.63, 3.8) is 0 Å². The Kier molecular flexibility index (Phi) is 5.52. The summed E-state index contributed by atoms with van der Waals surface area (Å²) in [7, 11) is 0. The van der Waals surface area contributed by atoms with Gasteiger partial charge >= 0.3 is 0 Å². The molecule has 23 heavy (non-hydrogen) atoms. The third kappa shape index (κ3) is 4.18. The van der Waals surface area contributed by atoms with Crippen LogP contribution >= 0.6 is 23.2 Å². The molecule has 5 nitrogen and oxygen atoms in total. The average Bonchev–Trinajstić information content (AvgIpc) is 2.52. The van der Waals surface area contributed by atoms with Crippen LogP contribution in [0.5, 0.6) is 0 Å². The number of nitro benzene ring substituents is 1. The molecule has 0 saturated carbocycles. The Bertz CT molecular complexity index is 755. The van der Waals surface area contributed by atoms with Crippen molar-refractivity contribution < 1.29 is 14.1 Å². The number of amides is 1. The second-order valence-corrected chi connectivity index (χ2v) is 5.46. The summed E-state index contributed by atoms with van der Waals surface area (Å²) >= 11 is 11.6. The van der Waals surface area contributed by atoms with Gasteiger partial charge in [0.15, 0.2) is 0 Å². The first-order valence-corrected chi connectivity index (χ1v) is 7.26. The Balaban J connectivity index is 2.09. The van der Waals surface area contributed by atoms with E-state index in [4.69, 9.17) is 23.2 Å². The number of para-hydroxylation sites is 1. The lowest BCUT2D eigenvalue weighted by molar-refractivity contribution is -0.385. The highest BCUT2D eigenvalue weighted by Gasteiger charge is 2.21. The number of nitrogens with one attached hydrogen (secondary N) is 1. The molecule has 0 aliphatic heterocycles. The molecule has 0 radical (unpaired) electrons. The first-order valence-electron chi connectivity index (χ1n) is 6.50. The molecule has 1 N–H and O–H groups in total. The van der Waals surface area contributed by atoms with E-state index in [0.29, 0.717) is 5.02 Å². The summed E-state index contributed by atoms with van der Waals surface area (Å²) in [6.07, 6.45) is -1.56. The number of halogens is 3. The maximum absolute atomic E-state index is 14.2. The first-order chi connectivity index (χ1) is 10.9. The molecule has 8 heteroatoms. The molecule has 0 saturated heterocycles. The molecule has 0 unspecified atom stereocenters. The molecule has 0 bridgehead atoms. The van der Waals surface area contributed by atoms with E-state index in [9.17, 15) is 19.3 Å². The molecule has 0 fully saturated rings. The van der Waals surface area contributed by atoms with Crippen molar-refractivity contribution in [1.82, 2.24) is 5.32 Å². The molecule has 0 heterocycles. The minimum absolute atomic E-state index is 0.132. The van der Waals surface area contributed by atoms with Crippen LogP contribution in [0.1, 0.15) is 22.1 Å². The molecule has 2 rings (SSSR count). The van der Waals surface area contributed by atoms with E-state index in [-0.39, 0.29) is 28.4 Å². The van der Waals surface area contributed by atoms with E-state index in [2.05, 4.69) is 5.32 Å². The fourth-order valence-corrected chi connectivity index (χ4v) is 2.49. The van der Waals surface area contributed by atoms with Crippen LogP contribution in [0.4, 0.5) is 10.1 Å². The lowest BCUT2D eigenvalue weighted by Gasteiger charge is -2.12. The van der Waals surface area contributed by atoms with Crippen LogP contribution in [0.15, 0.2) is 42.5 Å². The summed E-state index contributed by atoms with van der Waals surface area (Å²) in [5.41, 5.74) is -0.296. The van der Waals surface area contributed by atoms with Gasteiger partial charge < -0.3 is 5.32 Å². The highest BCUT2D eigenvalue weighted by atomic mass is 35.5. The summed E-state index contributed by atoms with van der Waals surface area (Å²) in [4.78, 5) is 22.2. The van der Waals surface area contributed by atoms with E-state index in [0.717, 1.165) is 0 Å². The zero-order chi connectivity index (χ0) is 17.0. The van der Waals surface area contributed by atoms with Crippen molar-refractivity contribution in [3.05, 3.63) is 73.8 Å². The number of carbonyl (C=O) groups excluding carboxylic acids is 1. The van der Waals surface area contributed by atoms with Crippen LogP contribution in [0, 0.1) is 10.1 Å². The van der Waals surface area contributed by atoms with Crippen molar-refractivity contribution in [1.29, 1.82) is 0 Å². The largest absolute Gasteiger partial charge is 0.349 e. The molecule has 1 atom stereocenters. The SMILES string of the molecule is O=C(NC[C@H](F)c1ccc(Cl)cc1Cl)c1ccccc1[N+](=O)[O-]. The van der Waals surface area contributed by atoms with Gasteiger partial charge in [-0.2, -0.15) is 0 Å². The monoisotopic (exact) mass is 356 g/mol. The van der Waals surface area contributed by atoms with E-state index in [1.54, 1.807) is 0 Å². The lowest BCUT2D eigenvalue weighted by Crippen LogP contribution is -2.27. The number of alkyl halides is 1. The Morgan fingerprint density at radius 3 is 2.61 bits per heavy atom. The number of carbonyl (C=O) groups is 1. The second kappa shape index (κ2) is 7.39. The van der Waals surface area contributed by atoms with Gasteiger partial charge in [-0.1, -0.05) is 41.4 Å². The molecule has 2 aromatic carbocycles. The van der Waals surface area contributed by atoms with Crippen molar-refractivity contribution in [3.8, 4) is 0 Å². The molecule has 2 aromatic rings. The summed E-state index contributed by atoms with van der Waals surface area (Å²) in [5.74, 6) is -0.731. The minimum Gasteiger partial charge on any atom is -0.349 e. The van der Waals surface area contributed by atoms with Crippen LogP contribution in [0.2, 0.25) is 10.0 Å². The smallest absolute Gasteiger partial charge is 0.282 e. The Morgan fingerprint density at radius 2 is 1.96 bits per heavy atom. The van der Waals surface area contributed by atoms with E-state index < -0.39 is 17.0 Å². The van der Waals surface area contributed by atoms with Crippen LogP contribution in [0.3, 0.4) is 0 Å². The van der Waals surface area contributed by atoms with Crippen LogP contribution in [-0.2, 0) is 0 Å². The number of nitrogens with zero attached hydrogens (tertiary/aromatic N) is 1. The Labute approximate surface area is 141 Å². The number of benzene rings is 2. The second-order valence-electron chi connectivity index (χ2n) is 4.62.